The first-order chi connectivity index (χ1) is 17.9. The fourth-order valence-electron chi connectivity index (χ4n) is 5.92. The summed E-state index contributed by atoms with van der Waals surface area (Å²) in [6, 6.07) is 14.7. The van der Waals surface area contributed by atoms with Gasteiger partial charge in [-0.15, -0.1) is 0 Å². The number of hydrogen-bond donors (Lipinski definition) is 0. The van der Waals surface area contributed by atoms with Crippen LogP contribution >= 0.6 is 0 Å². The molecule has 0 bridgehead atoms. The van der Waals surface area contributed by atoms with Crippen molar-refractivity contribution in [1.82, 2.24) is 4.90 Å². The highest BCUT2D eigenvalue weighted by Crippen LogP contribution is 2.48. The van der Waals surface area contributed by atoms with Crippen LogP contribution in [0.25, 0.3) is 0 Å². The minimum absolute atomic E-state index is 0.0479. The van der Waals surface area contributed by atoms with E-state index in [-0.39, 0.29) is 17.5 Å². The van der Waals surface area contributed by atoms with Crippen molar-refractivity contribution in [2.45, 2.75) is 89.0 Å². The Kier molecular flexibility index (Phi) is 9.91. The molecule has 208 valence electrons. The summed E-state index contributed by atoms with van der Waals surface area (Å²) in [7, 11) is 0. The molecule has 0 heterocycles. The third kappa shape index (κ3) is 7.11. The van der Waals surface area contributed by atoms with E-state index in [4.69, 9.17) is 0 Å². The summed E-state index contributed by atoms with van der Waals surface area (Å²) in [5.41, 5.74) is -3.46. The Morgan fingerprint density at radius 1 is 0.921 bits per heavy atom. The van der Waals surface area contributed by atoms with Crippen LogP contribution in [0, 0.1) is 17.2 Å². The summed E-state index contributed by atoms with van der Waals surface area (Å²) in [6.07, 6.45) is -4.59. The number of benzene rings is 2. The lowest BCUT2D eigenvalue weighted by Gasteiger charge is -2.40. The Balaban J connectivity index is 1.92. The molecule has 0 radical (unpaired) electrons. The third-order valence-corrected chi connectivity index (χ3v) is 8.16. The van der Waals surface area contributed by atoms with E-state index in [2.05, 4.69) is 23.1 Å². The van der Waals surface area contributed by atoms with Crippen LogP contribution in [0.15, 0.2) is 48.5 Å². The van der Waals surface area contributed by atoms with Gasteiger partial charge >= 0.3 is 12.4 Å². The van der Waals surface area contributed by atoms with Crippen LogP contribution in [0.3, 0.4) is 0 Å². The third-order valence-electron chi connectivity index (χ3n) is 8.16. The highest BCUT2D eigenvalue weighted by molar-refractivity contribution is 5.43. The molecule has 1 aliphatic carbocycles. The first kappa shape index (κ1) is 30.0. The summed E-state index contributed by atoms with van der Waals surface area (Å²) in [5, 5.41) is 10.5. The first-order valence-electron chi connectivity index (χ1n) is 13.4. The lowest BCUT2D eigenvalue weighted by Crippen LogP contribution is -2.40. The van der Waals surface area contributed by atoms with E-state index >= 15 is 0 Å². The second kappa shape index (κ2) is 12.5. The normalized spacial score (nSPS) is 17.7. The van der Waals surface area contributed by atoms with E-state index < -0.39 is 28.9 Å². The summed E-state index contributed by atoms with van der Waals surface area (Å²) >= 11 is 0. The monoisotopic (exact) mass is 538 g/mol. The molecular formula is C30H36F6N2. The van der Waals surface area contributed by atoms with Crippen molar-refractivity contribution in [2.75, 3.05) is 13.1 Å². The fourth-order valence-corrected chi connectivity index (χ4v) is 5.92. The van der Waals surface area contributed by atoms with E-state index in [0.29, 0.717) is 37.8 Å². The molecule has 0 saturated heterocycles. The molecular weight excluding hydrogens is 502 g/mol. The molecule has 2 aromatic carbocycles. The van der Waals surface area contributed by atoms with E-state index in [0.717, 1.165) is 44.8 Å². The Morgan fingerprint density at radius 2 is 1.55 bits per heavy atom. The van der Waals surface area contributed by atoms with Gasteiger partial charge in [-0.3, -0.25) is 0 Å². The van der Waals surface area contributed by atoms with Crippen molar-refractivity contribution in [3.63, 3.8) is 0 Å². The summed E-state index contributed by atoms with van der Waals surface area (Å²) in [5.74, 6) is -0.203. The van der Waals surface area contributed by atoms with E-state index in [9.17, 15) is 31.6 Å². The fraction of sp³-hybridized carbons (Fsp3) is 0.567. The molecule has 2 atom stereocenters. The van der Waals surface area contributed by atoms with Gasteiger partial charge in [-0.2, -0.15) is 31.6 Å². The van der Waals surface area contributed by atoms with Crippen LogP contribution in [-0.4, -0.2) is 24.0 Å². The molecule has 1 aliphatic rings. The zero-order valence-corrected chi connectivity index (χ0v) is 22.0. The number of rotatable bonds is 10. The van der Waals surface area contributed by atoms with E-state index in [1.807, 2.05) is 32.0 Å². The standard InChI is InChI=1S/C30H36F6N2/c1-3-38(19-17-23-10-6-4-7-11-23)22(2)16-18-28(21-37,24-12-8-5-9-13-24)25-14-15-26(29(31,32)33)27(20-25)30(34,35)36/h4,6-7,10-11,14-15,20,22,24H,3,5,8-9,12-13,16-19H2,1-2H3. The molecule has 2 nitrogen and oxygen atoms in total. The van der Waals surface area contributed by atoms with Crippen molar-refractivity contribution >= 4 is 0 Å². The Bertz CT molecular complexity index is 1070. The van der Waals surface area contributed by atoms with Crippen LogP contribution in [0.2, 0.25) is 0 Å². The summed E-state index contributed by atoms with van der Waals surface area (Å²) < 4.78 is 81.7. The molecule has 0 aromatic heterocycles. The van der Waals surface area contributed by atoms with Gasteiger partial charge in [-0.05, 0) is 74.8 Å². The maximum atomic E-state index is 13.8. The van der Waals surface area contributed by atoms with Crippen molar-refractivity contribution < 1.29 is 26.3 Å². The molecule has 0 spiro atoms. The van der Waals surface area contributed by atoms with Gasteiger partial charge in [0.25, 0.3) is 0 Å². The zero-order chi connectivity index (χ0) is 28.0. The predicted octanol–water partition coefficient (Wildman–Crippen LogP) is 8.80. The van der Waals surface area contributed by atoms with Crippen LogP contribution < -0.4 is 0 Å². The molecule has 1 saturated carbocycles. The Labute approximate surface area is 221 Å². The molecule has 1 fully saturated rings. The van der Waals surface area contributed by atoms with Crippen molar-refractivity contribution in [2.24, 2.45) is 5.92 Å². The average Bonchev–Trinajstić information content (AvgIpc) is 2.89. The highest BCUT2D eigenvalue weighted by atomic mass is 19.4. The number of likely N-dealkylation sites (N-methyl/N-ethyl adjacent to an activating group) is 1. The van der Waals surface area contributed by atoms with Gasteiger partial charge in [0, 0.05) is 12.6 Å². The van der Waals surface area contributed by atoms with Crippen molar-refractivity contribution in [3.8, 4) is 6.07 Å². The smallest absolute Gasteiger partial charge is 0.301 e. The molecule has 2 aromatic rings. The molecule has 0 aliphatic heterocycles. The molecule has 38 heavy (non-hydrogen) atoms. The highest BCUT2D eigenvalue weighted by Gasteiger charge is 2.47. The van der Waals surface area contributed by atoms with Gasteiger partial charge in [0.1, 0.15) is 0 Å². The Hall–Kier alpha value is -2.53. The second-order valence-electron chi connectivity index (χ2n) is 10.4. The molecule has 8 heteroatoms. The van der Waals surface area contributed by atoms with Gasteiger partial charge < -0.3 is 4.90 Å². The summed E-state index contributed by atoms with van der Waals surface area (Å²) in [6.45, 7) is 5.66. The van der Waals surface area contributed by atoms with Crippen molar-refractivity contribution in [1.29, 1.82) is 5.26 Å². The van der Waals surface area contributed by atoms with Crippen LogP contribution in [-0.2, 0) is 24.2 Å². The van der Waals surface area contributed by atoms with Crippen molar-refractivity contribution in [3.05, 3.63) is 70.8 Å². The van der Waals surface area contributed by atoms with E-state index in [1.54, 1.807) is 0 Å². The SMILES string of the molecule is CCN(CCc1ccccc1)C(C)CCC(C#N)(c1ccc(C(F)(F)F)c(C(F)(F)F)c1)C1CCCCC1. The largest absolute Gasteiger partial charge is 0.417 e. The minimum atomic E-state index is -5.18. The van der Waals surface area contributed by atoms with Gasteiger partial charge in [-0.25, -0.2) is 0 Å². The number of hydrogen-bond acceptors (Lipinski definition) is 2. The number of nitriles is 1. The van der Waals surface area contributed by atoms with Gasteiger partial charge in [0.15, 0.2) is 0 Å². The van der Waals surface area contributed by atoms with E-state index in [1.165, 1.54) is 5.56 Å². The van der Waals surface area contributed by atoms with Gasteiger partial charge in [0.2, 0.25) is 0 Å². The van der Waals surface area contributed by atoms with Gasteiger partial charge in [-0.1, -0.05) is 62.6 Å². The molecule has 0 N–H and O–H groups in total. The first-order valence-corrected chi connectivity index (χ1v) is 13.4. The molecule has 3 rings (SSSR count). The zero-order valence-electron chi connectivity index (χ0n) is 22.0. The predicted molar refractivity (Wildman–Crippen MR) is 136 cm³/mol. The number of alkyl halides is 6. The maximum absolute atomic E-state index is 13.8. The minimum Gasteiger partial charge on any atom is -0.301 e. The van der Waals surface area contributed by atoms with Crippen LogP contribution in [0.5, 0.6) is 0 Å². The second-order valence-corrected chi connectivity index (χ2v) is 10.4. The topological polar surface area (TPSA) is 27.0 Å². The summed E-state index contributed by atoms with van der Waals surface area (Å²) in [4.78, 5) is 2.28. The average molecular weight is 539 g/mol. The quantitative estimate of drug-likeness (QED) is 0.283. The van der Waals surface area contributed by atoms with Crippen LogP contribution in [0.4, 0.5) is 26.3 Å². The molecule has 2 unspecified atom stereocenters. The maximum Gasteiger partial charge on any atom is 0.417 e. The Morgan fingerprint density at radius 3 is 2.11 bits per heavy atom. The lowest BCUT2D eigenvalue weighted by molar-refractivity contribution is -0.162. The molecule has 0 amide bonds. The number of halogens is 6. The van der Waals surface area contributed by atoms with Gasteiger partial charge in [0.05, 0.1) is 22.6 Å². The number of nitrogens with zero attached hydrogens (tertiary/aromatic N) is 2. The van der Waals surface area contributed by atoms with Crippen LogP contribution in [0.1, 0.15) is 81.0 Å². The lowest BCUT2D eigenvalue weighted by atomic mass is 9.63.